The van der Waals surface area contributed by atoms with E-state index in [0.717, 1.165) is 11.1 Å². The summed E-state index contributed by atoms with van der Waals surface area (Å²) < 4.78 is 6.02. The molecule has 4 rings (SSSR count). The van der Waals surface area contributed by atoms with E-state index in [1.54, 1.807) is 18.2 Å². The minimum absolute atomic E-state index is 0.0708. The van der Waals surface area contributed by atoms with Crippen LogP contribution in [0, 0.1) is 6.92 Å². The monoisotopic (exact) mass is 450 g/mol. The number of hydrogen-bond donors (Lipinski definition) is 2. The topological polar surface area (TPSA) is 67.4 Å². The molecular formula is C29H26N2O3. The molecule has 0 aliphatic rings. The van der Waals surface area contributed by atoms with Crippen molar-refractivity contribution in [3.05, 3.63) is 126 Å². The molecule has 2 amide bonds. The summed E-state index contributed by atoms with van der Waals surface area (Å²) in [7, 11) is 0. The van der Waals surface area contributed by atoms with Crippen LogP contribution < -0.4 is 15.4 Å². The van der Waals surface area contributed by atoms with Crippen molar-refractivity contribution in [2.24, 2.45) is 0 Å². The Morgan fingerprint density at radius 3 is 2.21 bits per heavy atom. The number of carbonyl (C=O) groups is 2. The largest absolute Gasteiger partial charge is 0.455 e. The zero-order valence-corrected chi connectivity index (χ0v) is 18.9. The first-order valence-corrected chi connectivity index (χ1v) is 11.1. The summed E-state index contributed by atoms with van der Waals surface area (Å²) in [5.74, 6) is 0.776. The zero-order chi connectivity index (χ0) is 23.8. The molecule has 4 aromatic carbocycles. The average molecular weight is 451 g/mol. The van der Waals surface area contributed by atoms with Crippen LogP contribution in [-0.2, 0) is 4.79 Å². The van der Waals surface area contributed by atoms with Gasteiger partial charge in [-0.3, -0.25) is 9.59 Å². The number of amides is 2. The van der Waals surface area contributed by atoms with Gasteiger partial charge in [0.15, 0.2) is 5.75 Å². The van der Waals surface area contributed by atoms with Crippen LogP contribution in [0.15, 0.2) is 109 Å². The number of carbonyl (C=O) groups excluding carboxylic acids is 2. The Hall–Kier alpha value is -4.38. The number of aryl methyl sites for hydroxylation is 1. The van der Waals surface area contributed by atoms with Gasteiger partial charge in [-0.25, -0.2) is 0 Å². The van der Waals surface area contributed by atoms with Gasteiger partial charge in [0.1, 0.15) is 5.75 Å². The second kappa shape index (κ2) is 11.0. The van der Waals surface area contributed by atoms with Crippen molar-refractivity contribution in [2.45, 2.75) is 19.4 Å². The van der Waals surface area contributed by atoms with Crippen molar-refractivity contribution in [1.29, 1.82) is 0 Å². The molecule has 0 radical (unpaired) electrons. The van der Waals surface area contributed by atoms with E-state index in [4.69, 9.17) is 4.74 Å². The molecule has 0 saturated heterocycles. The van der Waals surface area contributed by atoms with Gasteiger partial charge in [-0.05, 0) is 54.4 Å². The van der Waals surface area contributed by atoms with Gasteiger partial charge >= 0.3 is 0 Å². The number of rotatable bonds is 8. The maximum absolute atomic E-state index is 13.1. The molecule has 0 saturated carbocycles. The van der Waals surface area contributed by atoms with Crippen LogP contribution in [0.2, 0.25) is 0 Å². The van der Waals surface area contributed by atoms with E-state index < -0.39 is 6.04 Å². The Morgan fingerprint density at radius 1 is 0.794 bits per heavy atom. The second-order valence-electron chi connectivity index (χ2n) is 7.97. The number of benzene rings is 4. The lowest BCUT2D eigenvalue weighted by Crippen LogP contribution is -2.31. The van der Waals surface area contributed by atoms with Crippen molar-refractivity contribution in [2.75, 3.05) is 5.32 Å². The third-order valence-corrected chi connectivity index (χ3v) is 5.31. The van der Waals surface area contributed by atoms with Crippen molar-refractivity contribution in [3.63, 3.8) is 0 Å². The minimum Gasteiger partial charge on any atom is -0.455 e. The summed E-state index contributed by atoms with van der Waals surface area (Å²) in [5, 5.41) is 5.94. The number of ether oxygens (including phenoxy) is 1. The molecule has 0 aromatic heterocycles. The Labute approximate surface area is 199 Å². The average Bonchev–Trinajstić information content (AvgIpc) is 2.86. The number of para-hydroxylation sites is 2. The molecule has 5 nitrogen and oxygen atoms in total. The molecule has 0 spiro atoms. The summed E-state index contributed by atoms with van der Waals surface area (Å²) >= 11 is 0. The van der Waals surface area contributed by atoms with Crippen LogP contribution in [0.5, 0.6) is 11.5 Å². The molecule has 170 valence electrons. The van der Waals surface area contributed by atoms with Crippen molar-refractivity contribution < 1.29 is 14.3 Å². The molecule has 0 fully saturated rings. The molecule has 0 bridgehead atoms. The lowest BCUT2D eigenvalue weighted by molar-refractivity contribution is -0.116. The highest BCUT2D eigenvalue weighted by atomic mass is 16.5. The fraction of sp³-hybridized carbons (Fsp3) is 0.103. The van der Waals surface area contributed by atoms with E-state index in [2.05, 4.69) is 10.6 Å². The zero-order valence-electron chi connectivity index (χ0n) is 18.9. The molecule has 2 N–H and O–H groups in total. The maximum atomic E-state index is 13.1. The van der Waals surface area contributed by atoms with Crippen molar-refractivity contribution in [1.82, 2.24) is 5.32 Å². The lowest BCUT2D eigenvalue weighted by atomic mass is 10.0. The molecule has 5 heteroatoms. The highest BCUT2D eigenvalue weighted by Crippen LogP contribution is 2.30. The molecule has 0 aliphatic carbocycles. The minimum atomic E-state index is -0.487. The van der Waals surface area contributed by atoms with Gasteiger partial charge < -0.3 is 15.4 Å². The highest BCUT2D eigenvalue weighted by molar-refractivity contribution is 5.96. The molecule has 34 heavy (non-hydrogen) atoms. The van der Waals surface area contributed by atoms with E-state index in [9.17, 15) is 9.59 Å². The smallest absolute Gasteiger partial charge is 0.251 e. The fourth-order valence-corrected chi connectivity index (χ4v) is 3.62. The third kappa shape index (κ3) is 6.11. The first kappa shape index (κ1) is 22.8. The van der Waals surface area contributed by atoms with Crippen LogP contribution in [0.25, 0.3) is 0 Å². The van der Waals surface area contributed by atoms with Crippen LogP contribution in [0.3, 0.4) is 0 Å². The Balaban J connectivity index is 1.50. The quantitative estimate of drug-likeness (QED) is 0.332. The van der Waals surface area contributed by atoms with E-state index >= 15 is 0 Å². The first-order valence-electron chi connectivity index (χ1n) is 11.1. The van der Waals surface area contributed by atoms with Gasteiger partial charge in [0.05, 0.1) is 18.2 Å². The normalized spacial score (nSPS) is 11.3. The van der Waals surface area contributed by atoms with E-state index in [0.29, 0.717) is 22.7 Å². The summed E-state index contributed by atoms with van der Waals surface area (Å²) in [6.07, 6.45) is 0.0708. The van der Waals surface area contributed by atoms with Crippen molar-refractivity contribution in [3.8, 4) is 11.5 Å². The molecule has 0 unspecified atom stereocenters. The molecule has 1 atom stereocenters. The Bertz CT molecular complexity index is 1260. The summed E-state index contributed by atoms with van der Waals surface area (Å²) in [6, 6.07) is 33.0. The summed E-state index contributed by atoms with van der Waals surface area (Å²) in [4.78, 5) is 25.8. The summed E-state index contributed by atoms with van der Waals surface area (Å²) in [5.41, 5.74) is 3.04. The maximum Gasteiger partial charge on any atom is 0.251 e. The Kier molecular flexibility index (Phi) is 7.35. The lowest BCUT2D eigenvalue weighted by Gasteiger charge is -2.20. The predicted molar refractivity (Wildman–Crippen MR) is 134 cm³/mol. The van der Waals surface area contributed by atoms with Gasteiger partial charge in [-0.2, -0.15) is 0 Å². The van der Waals surface area contributed by atoms with Crippen LogP contribution in [-0.4, -0.2) is 11.8 Å². The number of nitrogens with one attached hydrogen (secondary N) is 2. The molecule has 0 heterocycles. The fourth-order valence-electron chi connectivity index (χ4n) is 3.62. The first-order chi connectivity index (χ1) is 16.6. The van der Waals surface area contributed by atoms with Crippen molar-refractivity contribution >= 4 is 17.5 Å². The molecular weight excluding hydrogens is 424 g/mol. The second-order valence-corrected chi connectivity index (χ2v) is 7.97. The highest BCUT2D eigenvalue weighted by Gasteiger charge is 2.20. The molecule has 0 aliphatic heterocycles. The summed E-state index contributed by atoms with van der Waals surface area (Å²) in [6.45, 7) is 1.99. The van der Waals surface area contributed by atoms with Gasteiger partial charge in [0.2, 0.25) is 5.91 Å². The number of anilines is 1. The van der Waals surface area contributed by atoms with Crippen LogP contribution >= 0.6 is 0 Å². The van der Waals surface area contributed by atoms with Gasteiger partial charge in [-0.15, -0.1) is 0 Å². The SMILES string of the molecule is Cc1cccc(Oc2ccccc2NC(=O)C[C@@H](NC(=O)c2ccccc2)c2ccccc2)c1. The van der Waals surface area contributed by atoms with E-state index in [1.165, 1.54) is 0 Å². The van der Waals surface area contributed by atoms with Gasteiger partial charge in [-0.1, -0.05) is 72.8 Å². The van der Waals surface area contributed by atoms with Gasteiger partial charge in [0, 0.05) is 5.56 Å². The Morgan fingerprint density at radius 2 is 1.47 bits per heavy atom. The van der Waals surface area contributed by atoms with Crippen LogP contribution in [0.4, 0.5) is 5.69 Å². The van der Waals surface area contributed by atoms with Crippen LogP contribution in [0.1, 0.15) is 33.9 Å². The number of hydrogen-bond acceptors (Lipinski definition) is 3. The standard InChI is InChI=1S/C29H26N2O3/c1-21-11-10-16-24(19-21)34-27-18-9-8-17-25(27)30-28(32)20-26(22-12-4-2-5-13-22)31-29(33)23-14-6-3-7-15-23/h2-19,26H,20H2,1H3,(H,30,32)(H,31,33)/t26-/m1/s1. The molecule has 4 aromatic rings. The third-order valence-electron chi connectivity index (χ3n) is 5.31. The van der Waals surface area contributed by atoms with E-state index in [-0.39, 0.29) is 18.2 Å². The van der Waals surface area contributed by atoms with E-state index in [1.807, 2.05) is 97.9 Å². The predicted octanol–water partition coefficient (Wildman–Crippen LogP) is 6.29. The van der Waals surface area contributed by atoms with Gasteiger partial charge in [0.25, 0.3) is 5.91 Å².